The van der Waals surface area contributed by atoms with Crippen LogP contribution in [0.25, 0.3) is 0 Å². The summed E-state index contributed by atoms with van der Waals surface area (Å²) >= 11 is 0. The number of likely N-dealkylation sites (N-methyl/N-ethyl adjacent to an activating group) is 1. The molecule has 2 heterocycles. The van der Waals surface area contributed by atoms with Crippen LogP contribution in [-0.2, 0) is 13.1 Å². The van der Waals surface area contributed by atoms with Crippen molar-refractivity contribution in [3.05, 3.63) is 53.7 Å². The van der Waals surface area contributed by atoms with E-state index in [4.69, 9.17) is 9.73 Å². The van der Waals surface area contributed by atoms with Gasteiger partial charge in [0.05, 0.1) is 13.7 Å². The van der Waals surface area contributed by atoms with Crippen LogP contribution in [0.15, 0.2) is 47.6 Å². The smallest absolute Gasteiger partial charge is 0.191 e. The summed E-state index contributed by atoms with van der Waals surface area (Å²) in [5, 5.41) is 6.67. The van der Waals surface area contributed by atoms with Crippen LogP contribution in [0.2, 0.25) is 0 Å². The van der Waals surface area contributed by atoms with Crippen molar-refractivity contribution in [1.29, 1.82) is 0 Å². The first-order valence-electron chi connectivity index (χ1n) is 10.2. The first-order valence-corrected chi connectivity index (χ1v) is 10.2. The minimum absolute atomic E-state index is 0.587. The Labute approximate surface area is 173 Å². The molecule has 7 nitrogen and oxygen atoms in total. The lowest BCUT2D eigenvalue weighted by Crippen LogP contribution is -2.44. The summed E-state index contributed by atoms with van der Waals surface area (Å²) in [6.45, 7) is 8.36. The molecule has 0 unspecified atom stereocenters. The molecule has 7 heteroatoms. The van der Waals surface area contributed by atoms with Gasteiger partial charge in [-0.25, -0.2) is 9.98 Å². The zero-order valence-corrected chi connectivity index (χ0v) is 17.7. The highest BCUT2D eigenvalue weighted by atomic mass is 16.5. The molecule has 1 aliphatic heterocycles. The molecule has 0 amide bonds. The van der Waals surface area contributed by atoms with Crippen LogP contribution in [0, 0.1) is 0 Å². The number of methoxy groups -OCH3 is 1. The molecule has 0 aliphatic carbocycles. The lowest BCUT2D eigenvalue weighted by molar-refractivity contribution is 0.312. The zero-order valence-electron chi connectivity index (χ0n) is 17.7. The Morgan fingerprint density at radius 2 is 1.93 bits per heavy atom. The first-order chi connectivity index (χ1) is 14.2. The second-order valence-corrected chi connectivity index (χ2v) is 7.22. The molecule has 0 spiro atoms. The van der Waals surface area contributed by atoms with Gasteiger partial charge in [0.25, 0.3) is 0 Å². The number of hydrogen-bond acceptors (Lipinski definition) is 5. The van der Waals surface area contributed by atoms with Crippen LogP contribution in [-0.4, -0.2) is 62.7 Å². The van der Waals surface area contributed by atoms with E-state index in [1.54, 1.807) is 7.11 Å². The average molecular weight is 397 g/mol. The minimum Gasteiger partial charge on any atom is -0.497 e. The van der Waals surface area contributed by atoms with Gasteiger partial charge in [0.1, 0.15) is 11.6 Å². The highest BCUT2D eigenvalue weighted by molar-refractivity contribution is 5.79. The number of rotatable bonds is 7. The van der Waals surface area contributed by atoms with Crippen molar-refractivity contribution in [2.24, 2.45) is 4.99 Å². The van der Waals surface area contributed by atoms with Crippen molar-refractivity contribution in [3.8, 4) is 5.75 Å². The van der Waals surface area contributed by atoms with Gasteiger partial charge in [0.2, 0.25) is 0 Å². The molecule has 0 saturated carbocycles. The third-order valence-corrected chi connectivity index (χ3v) is 4.99. The normalized spacial score (nSPS) is 15.3. The van der Waals surface area contributed by atoms with Crippen molar-refractivity contribution >= 4 is 11.8 Å². The van der Waals surface area contributed by atoms with E-state index in [0.29, 0.717) is 13.1 Å². The van der Waals surface area contributed by atoms with E-state index in [0.717, 1.165) is 61.4 Å². The Morgan fingerprint density at radius 1 is 1.10 bits per heavy atom. The van der Waals surface area contributed by atoms with Crippen LogP contribution in [0.1, 0.15) is 18.1 Å². The third kappa shape index (κ3) is 6.35. The van der Waals surface area contributed by atoms with E-state index in [1.807, 2.05) is 24.4 Å². The van der Waals surface area contributed by atoms with Crippen molar-refractivity contribution in [3.63, 3.8) is 0 Å². The maximum absolute atomic E-state index is 5.29. The lowest BCUT2D eigenvalue weighted by Gasteiger charge is -2.33. The van der Waals surface area contributed by atoms with E-state index >= 15 is 0 Å². The molecule has 156 valence electrons. The summed E-state index contributed by atoms with van der Waals surface area (Å²) in [6, 6.07) is 12.3. The molecule has 0 radical (unpaired) electrons. The molecule has 1 aromatic heterocycles. The molecule has 1 saturated heterocycles. The summed E-state index contributed by atoms with van der Waals surface area (Å²) in [5.74, 6) is 2.70. The number of nitrogens with zero attached hydrogens (tertiary/aromatic N) is 4. The molecule has 1 fully saturated rings. The van der Waals surface area contributed by atoms with Crippen molar-refractivity contribution < 1.29 is 4.74 Å². The number of guanidine groups is 1. The van der Waals surface area contributed by atoms with Crippen molar-refractivity contribution in [2.45, 2.75) is 20.0 Å². The Kier molecular flexibility index (Phi) is 7.69. The average Bonchev–Trinajstić information content (AvgIpc) is 2.77. The van der Waals surface area contributed by atoms with Crippen LogP contribution in [0.4, 0.5) is 5.82 Å². The van der Waals surface area contributed by atoms with Crippen LogP contribution < -0.4 is 20.3 Å². The number of piperazine rings is 1. The fraction of sp³-hybridized carbons (Fsp3) is 0.455. The number of aliphatic imine (C=N–C) groups is 1. The molecule has 0 bridgehead atoms. The largest absolute Gasteiger partial charge is 0.497 e. The van der Waals surface area contributed by atoms with Gasteiger partial charge in [-0.15, -0.1) is 0 Å². The predicted octanol–water partition coefficient (Wildman–Crippen LogP) is 2.10. The van der Waals surface area contributed by atoms with Crippen LogP contribution in [0.3, 0.4) is 0 Å². The topological polar surface area (TPSA) is 65.0 Å². The fourth-order valence-electron chi connectivity index (χ4n) is 3.21. The molecule has 1 aromatic carbocycles. The van der Waals surface area contributed by atoms with E-state index in [1.165, 1.54) is 0 Å². The van der Waals surface area contributed by atoms with Gasteiger partial charge in [0, 0.05) is 45.5 Å². The number of hydrogen-bond donors (Lipinski definition) is 2. The summed E-state index contributed by atoms with van der Waals surface area (Å²) in [6.07, 6.45) is 1.93. The van der Waals surface area contributed by atoms with E-state index < -0.39 is 0 Å². The van der Waals surface area contributed by atoms with Gasteiger partial charge < -0.3 is 25.2 Å². The van der Waals surface area contributed by atoms with E-state index in [9.17, 15) is 0 Å². The van der Waals surface area contributed by atoms with Gasteiger partial charge in [-0.05, 0) is 43.3 Å². The summed E-state index contributed by atoms with van der Waals surface area (Å²) < 4.78 is 5.29. The Morgan fingerprint density at radius 3 is 2.62 bits per heavy atom. The van der Waals surface area contributed by atoms with Gasteiger partial charge in [-0.1, -0.05) is 18.2 Å². The van der Waals surface area contributed by atoms with E-state index in [2.05, 4.69) is 57.6 Å². The van der Waals surface area contributed by atoms with Crippen molar-refractivity contribution in [1.82, 2.24) is 20.5 Å². The molecule has 29 heavy (non-hydrogen) atoms. The number of anilines is 1. The highest BCUT2D eigenvalue weighted by Gasteiger charge is 2.14. The van der Waals surface area contributed by atoms with Crippen LogP contribution >= 0.6 is 0 Å². The highest BCUT2D eigenvalue weighted by Crippen LogP contribution is 2.14. The van der Waals surface area contributed by atoms with Gasteiger partial charge in [-0.2, -0.15) is 0 Å². The van der Waals surface area contributed by atoms with E-state index in [-0.39, 0.29) is 0 Å². The first kappa shape index (κ1) is 20.9. The second kappa shape index (κ2) is 10.7. The second-order valence-electron chi connectivity index (χ2n) is 7.22. The predicted molar refractivity (Wildman–Crippen MR) is 119 cm³/mol. The van der Waals surface area contributed by atoms with Gasteiger partial charge >= 0.3 is 0 Å². The maximum Gasteiger partial charge on any atom is 0.191 e. The van der Waals surface area contributed by atoms with Gasteiger partial charge in [-0.3, -0.25) is 0 Å². The maximum atomic E-state index is 5.29. The fourth-order valence-corrected chi connectivity index (χ4v) is 3.21. The molecular weight excluding hydrogens is 364 g/mol. The lowest BCUT2D eigenvalue weighted by atomic mass is 10.2. The molecule has 3 rings (SSSR count). The Bertz CT molecular complexity index is 784. The summed E-state index contributed by atoms with van der Waals surface area (Å²) in [4.78, 5) is 14.0. The number of ether oxygens (including phenoxy) is 1. The molecular formula is C22H32N6O. The van der Waals surface area contributed by atoms with Gasteiger partial charge in [0.15, 0.2) is 5.96 Å². The Balaban J connectivity index is 1.56. The van der Waals surface area contributed by atoms with Crippen LogP contribution in [0.5, 0.6) is 5.75 Å². The standard InChI is InChI=1S/C22H32N6O/c1-4-23-22(25-15-18-6-5-7-20(14-18)29-3)26-17-19-8-9-21(24-16-19)28-12-10-27(2)11-13-28/h5-9,14,16H,4,10-13,15,17H2,1-3H3,(H2,23,25,26). The quantitative estimate of drug-likeness (QED) is 0.552. The number of aromatic nitrogens is 1. The molecule has 2 aromatic rings. The summed E-state index contributed by atoms with van der Waals surface area (Å²) in [7, 11) is 3.84. The third-order valence-electron chi connectivity index (χ3n) is 4.99. The Hall–Kier alpha value is -2.80. The molecule has 0 atom stereocenters. The minimum atomic E-state index is 0.587. The molecule has 2 N–H and O–H groups in total. The van der Waals surface area contributed by atoms with Crippen molar-refractivity contribution in [2.75, 3.05) is 51.8 Å². The number of benzene rings is 1. The zero-order chi connectivity index (χ0) is 20.5. The SMILES string of the molecule is CCNC(=NCc1ccc(N2CCN(C)CC2)nc1)NCc1cccc(OC)c1. The molecule has 1 aliphatic rings. The number of nitrogens with one attached hydrogen (secondary N) is 2. The number of pyridine rings is 1. The summed E-state index contributed by atoms with van der Waals surface area (Å²) in [5.41, 5.74) is 2.25. The monoisotopic (exact) mass is 396 g/mol.